The SMILES string of the molecule is COc1ccc(S(=O)(=O)N(CC(=O)N(Cc2ccc(Br)cc2)[C@@H](Cc2ccccc2)C(=O)NC(C)C)c2cc(Cl)ccc2OC)cc1OC. The van der Waals surface area contributed by atoms with E-state index in [1.54, 1.807) is 6.07 Å². The van der Waals surface area contributed by atoms with Crippen LogP contribution in [-0.2, 0) is 32.6 Å². The van der Waals surface area contributed by atoms with Gasteiger partial charge in [0.1, 0.15) is 18.3 Å². The lowest BCUT2D eigenvalue weighted by Crippen LogP contribution is -2.54. The Balaban J connectivity index is 1.88. The average Bonchev–Trinajstić information content (AvgIpc) is 3.09. The number of amides is 2. The van der Waals surface area contributed by atoms with Crippen LogP contribution in [0.5, 0.6) is 17.2 Å². The quantitative estimate of drug-likeness (QED) is 0.147. The molecule has 49 heavy (non-hydrogen) atoms. The van der Waals surface area contributed by atoms with E-state index in [0.29, 0.717) is 5.75 Å². The summed E-state index contributed by atoms with van der Waals surface area (Å²) in [6, 6.07) is 24.1. The van der Waals surface area contributed by atoms with E-state index >= 15 is 0 Å². The van der Waals surface area contributed by atoms with E-state index < -0.39 is 28.5 Å². The fourth-order valence-electron chi connectivity index (χ4n) is 5.20. The van der Waals surface area contributed by atoms with E-state index in [2.05, 4.69) is 21.2 Å². The van der Waals surface area contributed by atoms with Gasteiger partial charge in [0, 0.05) is 34.6 Å². The van der Waals surface area contributed by atoms with Crippen LogP contribution >= 0.6 is 27.5 Å². The number of hydrogen-bond acceptors (Lipinski definition) is 7. The number of sulfonamides is 1. The van der Waals surface area contributed by atoms with Crippen LogP contribution in [-0.4, -0.2) is 65.1 Å². The summed E-state index contributed by atoms with van der Waals surface area (Å²) < 4.78 is 47.1. The van der Waals surface area contributed by atoms with E-state index in [1.807, 2.05) is 68.4 Å². The van der Waals surface area contributed by atoms with Gasteiger partial charge in [-0.05, 0) is 67.4 Å². The van der Waals surface area contributed by atoms with E-state index in [0.717, 1.165) is 19.9 Å². The van der Waals surface area contributed by atoms with Gasteiger partial charge in [-0.3, -0.25) is 13.9 Å². The van der Waals surface area contributed by atoms with Crippen molar-refractivity contribution in [2.24, 2.45) is 0 Å². The topological polar surface area (TPSA) is 114 Å². The first kappa shape index (κ1) is 37.6. The molecule has 2 amide bonds. The zero-order valence-electron chi connectivity index (χ0n) is 27.9. The Morgan fingerprint density at radius 1 is 0.816 bits per heavy atom. The highest BCUT2D eigenvalue weighted by Crippen LogP contribution is 2.37. The standard InChI is InChI=1S/C36H39BrClN3O7S/c1-24(2)39-36(43)31(19-25-9-7-6-8-10-25)40(22-26-11-13-27(37)14-12-26)35(42)23-41(30-20-28(38)15-17-32(30)46-3)49(44,45)29-16-18-33(47-4)34(21-29)48-5/h6-18,20-21,24,31H,19,22-23H2,1-5H3,(H,39,43)/t31-/m0/s1. The maximum atomic E-state index is 14.7. The largest absolute Gasteiger partial charge is 0.495 e. The number of carbonyl (C=O) groups excluding carboxylic acids is 2. The van der Waals surface area contributed by atoms with E-state index in [-0.39, 0.29) is 52.0 Å². The predicted molar refractivity (Wildman–Crippen MR) is 194 cm³/mol. The smallest absolute Gasteiger partial charge is 0.265 e. The number of carbonyl (C=O) groups is 2. The summed E-state index contributed by atoms with van der Waals surface area (Å²) in [5.74, 6) is -0.338. The molecule has 0 aromatic heterocycles. The molecular formula is C36H39BrClN3O7S. The molecule has 10 nitrogen and oxygen atoms in total. The molecule has 0 unspecified atom stereocenters. The Kier molecular flexibility index (Phi) is 13.0. The number of anilines is 1. The average molecular weight is 773 g/mol. The first-order valence-corrected chi connectivity index (χ1v) is 18.0. The van der Waals surface area contributed by atoms with Crippen molar-refractivity contribution in [2.75, 3.05) is 32.2 Å². The third kappa shape index (κ3) is 9.46. The van der Waals surface area contributed by atoms with E-state index in [4.69, 9.17) is 25.8 Å². The summed E-state index contributed by atoms with van der Waals surface area (Å²) in [5.41, 5.74) is 1.60. The van der Waals surface area contributed by atoms with Gasteiger partial charge < -0.3 is 24.4 Å². The summed E-state index contributed by atoms with van der Waals surface area (Å²) in [7, 11) is -0.263. The highest BCUT2D eigenvalue weighted by Gasteiger charge is 2.36. The minimum atomic E-state index is -4.49. The van der Waals surface area contributed by atoms with Gasteiger partial charge in [-0.15, -0.1) is 0 Å². The van der Waals surface area contributed by atoms with Crippen molar-refractivity contribution in [3.8, 4) is 17.2 Å². The highest BCUT2D eigenvalue weighted by molar-refractivity contribution is 9.10. The molecule has 0 radical (unpaired) electrons. The van der Waals surface area contributed by atoms with Crippen LogP contribution < -0.4 is 23.8 Å². The van der Waals surface area contributed by atoms with Crippen LogP contribution in [0.4, 0.5) is 5.69 Å². The Morgan fingerprint density at radius 3 is 2.06 bits per heavy atom. The first-order valence-electron chi connectivity index (χ1n) is 15.3. The van der Waals surface area contributed by atoms with Crippen molar-refractivity contribution in [3.63, 3.8) is 0 Å². The molecule has 4 aromatic rings. The van der Waals surface area contributed by atoms with Gasteiger partial charge in [0.05, 0.1) is 31.9 Å². The number of benzene rings is 4. The minimum absolute atomic E-state index is 0.0199. The second kappa shape index (κ2) is 16.9. The summed E-state index contributed by atoms with van der Waals surface area (Å²) >= 11 is 9.83. The van der Waals surface area contributed by atoms with Crippen molar-refractivity contribution < 1.29 is 32.2 Å². The van der Waals surface area contributed by atoms with Gasteiger partial charge in [0.15, 0.2) is 11.5 Å². The van der Waals surface area contributed by atoms with Gasteiger partial charge in [-0.2, -0.15) is 0 Å². The molecule has 4 aromatic carbocycles. The summed E-state index contributed by atoms with van der Waals surface area (Å²) in [5, 5.41) is 3.17. The van der Waals surface area contributed by atoms with Crippen LogP contribution in [0.25, 0.3) is 0 Å². The molecule has 1 N–H and O–H groups in total. The molecule has 0 fully saturated rings. The number of nitrogens with zero attached hydrogens (tertiary/aromatic N) is 2. The van der Waals surface area contributed by atoms with Crippen LogP contribution in [0.1, 0.15) is 25.0 Å². The lowest BCUT2D eigenvalue weighted by atomic mass is 10.0. The predicted octanol–water partition coefficient (Wildman–Crippen LogP) is 6.49. The molecule has 13 heteroatoms. The number of rotatable bonds is 15. The Labute approximate surface area is 301 Å². The van der Waals surface area contributed by atoms with Crippen molar-refractivity contribution in [1.29, 1.82) is 0 Å². The molecule has 0 aliphatic heterocycles. The van der Waals surface area contributed by atoms with Crippen LogP contribution in [0.15, 0.2) is 100 Å². The fraction of sp³-hybridized carbons (Fsp3) is 0.278. The molecule has 1 atom stereocenters. The monoisotopic (exact) mass is 771 g/mol. The number of halogens is 2. The molecule has 260 valence electrons. The Morgan fingerprint density at radius 2 is 1.45 bits per heavy atom. The number of hydrogen-bond donors (Lipinski definition) is 1. The molecular weight excluding hydrogens is 734 g/mol. The number of methoxy groups -OCH3 is 3. The van der Waals surface area contributed by atoms with E-state index in [9.17, 15) is 18.0 Å². The fourth-order valence-corrected chi connectivity index (χ4v) is 7.06. The maximum Gasteiger partial charge on any atom is 0.265 e. The summed E-state index contributed by atoms with van der Waals surface area (Å²) in [4.78, 5) is 29.9. The van der Waals surface area contributed by atoms with Crippen molar-refractivity contribution in [2.45, 2.75) is 43.8 Å². The zero-order valence-corrected chi connectivity index (χ0v) is 31.0. The van der Waals surface area contributed by atoms with E-state index in [1.165, 1.54) is 56.6 Å². The van der Waals surface area contributed by atoms with Gasteiger partial charge in [0.2, 0.25) is 11.8 Å². The van der Waals surface area contributed by atoms with Crippen LogP contribution in [0.3, 0.4) is 0 Å². The second-order valence-electron chi connectivity index (χ2n) is 11.4. The Hall–Kier alpha value is -4.26. The van der Waals surface area contributed by atoms with Crippen molar-refractivity contribution >= 4 is 55.1 Å². The highest BCUT2D eigenvalue weighted by atomic mass is 79.9. The van der Waals surface area contributed by atoms with Gasteiger partial charge >= 0.3 is 0 Å². The van der Waals surface area contributed by atoms with Gasteiger partial charge in [-0.1, -0.05) is 70.0 Å². The number of ether oxygens (including phenoxy) is 3. The molecule has 4 rings (SSSR count). The third-order valence-corrected chi connectivity index (χ3v) is 10.1. The second-order valence-corrected chi connectivity index (χ2v) is 14.6. The van der Waals surface area contributed by atoms with Gasteiger partial charge in [-0.25, -0.2) is 8.42 Å². The molecule has 0 bridgehead atoms. The van der Waals surface area contributed by atoms with Crippen molar-refractivity contribution in [1.82, 2.24) is 10.2 Å². The first-order chi connectivity index (χ1) is 23.4. The third-order valence-electron chi connectivity index (χ3n) is 7.60. The van der Waals surface area contributed by atoms with Crippen molar-refractivity contribution in [3.05, 3.63) is 112 Å². The normalized spacial score (nSPS) is 11.8. The summed E-state index contributed by atoms with van der Waals surface area (Å²) in [6.45, 7) is 3.00. The van der Waals surface area contributed by atoms with Crippen LogP contribution in [0.2, 0.25) is 5.02 Å². The molecule has 0 aliphatic rings. The molecule has 0 heterocycles. The minimum Gasteiger partial charge on any atom is -0.495 e. The lowest BCUT2D eigenvalue weighted by molar-refractivity contribution is -0.140. The molecule has 0 saturated carbocycles. The summed E-state index contributed by atoms with van der Waals surface area (Å²) in [6.07, 6.45) is 0.185. The molecule has 0 saturated heterocycles. The van der Waals surface area contributed by atoms with Gasteiger partial charge in [0.25, 0.3) is 10.0 Å². The van der Waals surface area contributed by atoms with Crippen LogP contribution in [0, 0.1) is 0 Å². The molecule has 0 spiro atoms. The Bertz CT molecular complexity index is 1860. The lowest BCUT2D eigenvalue weighted by Gasteiger charge is -2.34. The maximum absolute atomic E-state index is 14.7. The number of nitrogens with one attached hydrogen (secondary N) is 1. The molecule has 0 aliphatic carbocycles. The zero-order chi connectivity index (χ0) is 35.7.